The minimum atomic E-state index is -0.180. The molecule has 0 saturated carbocycles. The van der Waals surface area contributed by atoms with Crippen molar-refractivity contribution in [2.75, 3.05) is 6.54 Å². The summed E-state index contributed by atoms with van der Waals surface area (Å²) in [7, 11) is 0. The van der Waals surface area contributed by atoms with Gasteiger partial charge in [0.2, 0.25) is 0 Å². The molecule has 0 fully saturated rings. The first-order valence-electron chi connectivity index (χ1n) is 8.72. The molecule has 3 aromatic rings. The highest BCUT2D eigenvalue weighted by molar-refractivity contribution is 6.30. The van der Waals surface area contributed by atoms with Crippen molar-refractivity contribution in [2.24, 2.45) is 0 Å². The number of nitrogens with zero attached hydrogens (tertiary/aromatic N) is 4. The third-order valence-corrected chi connectivity index (χ3v) is 4.30. The summed E-state index contributed by atoms with van der Waals surface area (Å²) in [4.78, 5) is 12.4. The molecule has 8 heteroatoms. The third-order valence-electron chi connectivity index (χ3n) is 4.05. The maximum absolute atomic E-state index is 12.4. The summed E-state index contributed by atoms with van der Waals surface area (Å²) in [6.45, 7) is 5.46. The second-order valence-electron chi connectivity index (χ2n) is 6.20. The minimum Gasteiger partial charge on any atom is -0.471 e. The topological polar surface area (TPSA) is 74.0 Å². The number of carbonyl (C=O) groups is 1. The highest BCUT2D eigenvalue weighted by atomic mass is 35.5. The van der Waals surface area contributed by atoms with Gasteiger partial charge in [-0.25, -0.2) is 4.68 Å². The number of aryl methyl sites for hydroxylation is 3. The Morgan fingerprint density at radius 3 is 2.67 bits per heavy atom. The zero-order chi connectivity index (χ0) is 19.2. The number of hydrogen-bond donors (Lipinski definition) is 1. The number of nitrogens with one attached hydrogen (secondary N) is 1. The van der Waals surface area contributed by atoms with Crippen LogP contribution in [0, 0.1) is 13.8 Å². The number of benzene rings is 1. The molecule has 3 rings (SSSR count). The van der Waals surface area contributed by atoms with Crippen molar-refractivity contribution in [3.05, 3.63) is 64.7 Å². The first kappa shape index (κ1) is 19.0. The number of aromatic nitrogens is 4. The lowest BCUT2D eigenvalue weighted by atomic mass is 10.3. The maximum atomic E-state index is 12.4. The Kier molecular flexibility index (Phi) is 6.13. The molecule has 0 bridgehead atoms. The minimum absolute atomic E-state index is 0.142. The van der Waals surface area contributed by atoms with Crippen LogP contribution < -0.4 is 10.1 Å². The Labute approximate surface area is 162 Å². The van der Waals surface area contributed by atoms with E-state index in [1.807, 2.05) is 24.6 Å². The van der Waals surface area contributed by atoms with Crippen LogP contribution in [0.4, 0.5) is 0 Å². The molecular formula is C19H22ClN5O2. The van der Waals surface area contributed by atoms with E-state index in [9.17, 15) is 4.79 Å². The van der Waals surface area contributed by atoms with E-state index in [0.29, 0.717) is 23.0 Å². The second-order valence-corrected chi connectivity index (χ2v) is 6.64. The number of hydrogen-bond acceptors (Lipinski definition) is 4. The molecule has 142 valence electrons. The van der Waals surface area contributed by atoms with Gasteiger partial charge in [-0.3, -0.25) is 9.48 Å². The smallest absolute Gasteiger partial charge is 0.269 e. The predicted molar refractivity (Wildman–Crippen MR) is 103 cm³/mol. The molecule has 7 nitrogen and oxygen atoms in total. The van der Waals surface area contributed by atoms with Crippen molar-refractivity contribution in [1.82, 2.24) is 24.9 Å². The predicted octanol–water partition coefficient (Wildman–Crippen LogP) is 3.21. The number of rotatable bonds is 8. The van der Waals surface area contributed by atoms with Gasteiger partial charge >= 0.3 is 0 Å². The fraction of sp³-hybridized carbons (Fsp3) is 0.316. The molecule has 2 aromatic heterocycles. The van der Waals surface area contributed by atoms with Gasteiger partial charge in [-0.15, -0.1) is 0 Å². The van der Waals surface area contributed by atoms with Crippen molar-refractivity contribution in [3.63, 3.8) is 0 Å². The summed E-state index contributed by atoms with van der Waals surface area (Å²) in [6.07, 6.45) is 2.37. The van der Waals surface area contributed by atoms with Gasteiger partial charge in [0.25, 0.3) is 5.91 Å². The van der Waals surface area contributed by atoms with E-state index in [4.69, 9.17) is 16.3 Å². The molecule has 0 aliphatic carbocycles. The lowest BCUT2D eigenvalue weighted by Gasteiger charge is -2.10. The van der Waals surface area contributed by atoms with E-state index < -0.39 is 0 Å². The van der Waals surface area contributed by atoms with Crippen molar-refractivity contribution in [3.8, 4) is 5.75 Å². The Hall–Kier alpha value is -2.80. The Morgan fingerprint density at radius 2 is 1.96 bits per heavy atom. The molecule has 27 heavy (non-hydrogen) atoms. The number of amides is 1. The van der Waals surface area contributed by atoms with E-state index in [0.717, 1.165) is 24.4 Å². The Bertz CT molecular complexity index is 901. The zero-order valence-electron chi connectivity index (χ0n) is 15.4. The fourth-order valence-electron chi connectivity index (χ4n) is 2.72. The summed E-state index contributed by atoms with van der Waals surface area (Å²) >= 11 is 5.86. The average molecular weight is 388 g/mol. The van der Waals surface area contributed by atoms with Gasteiger partial charge < -0.3 is 10.1 Å². The molecule has 0 saturated heterocycles. The summed E-state index contributed by atoms with van der Waals surface area (Å²) < 4.78 is 9.11. The summed E-state index contributed by atoms with van der Waals surface area (Å²) in [5, 5.41) is 12.1. The number of carbonyl (C=O) groups excluding carboxylic acids is 1. The molecular weight excluding hydrogens is 366 g/mol. The van der Waals surface area contributed by atoms with Crippen molar-refractivity contribution < 1.29 is 9.53 Å². The summed E-state index contributed by atoms with van der Waals surface area (Å²) in [5.74, 6) is 0.478. The average Bonchev–Trinajstić information content (AvgIpc) is 3.24. The van der Waals surface area contributed by atoms with Crippen LogP contribution in [0.5, 0.6) is 5.75 Å². The molecule has 1 amide bonds. The first-order chi connectivity index (χ1) is 13.0. The third kappa shape index (κ3) is 5.10. The van der Waals surface area contributed by atoms with Crippen LogP contribution in [-0.2, 0) is 13.3 Å². The van der Waals surface area contributed by atoms with Gasteiger partial charge in [0.1, 0.15) is 11.4 Å². The molecule has 0 atom stereocenters. The van der Waals surface area contributed by atoms with Crippen LogP contribution in [0.3, 0.4) is 0 Å². The highest BCUT2D eigenvalue weighted by Crippen LogP contribution is 2.16. The van der Waals surface area contributed by atoms with Gasteiger partial charge in [-0.2, -0.15) is 10.2 Å². The standard InChI is InChI=1S/C19H22ClN5O2/c1-14-12-15(2)24(23-14)11-3-9-21-19(26)18-8-10-22-25(18)13-27-17-6-4-16(20)5-7-17/h4-8,10,12H,3,9,11,13H2,1-2H3,(H,21,26). The molecule has 1 N–H and O–H groups in total. The molecule has 2 heterocycles. The Balaban J connectivity index is 1.48. The lowest BCUT2D eigenvalue weighted by Crippen LogP contribution is -2.28. The van der Waals surface area contributed by atoms with Crippen LogP contribution in [0.25, 0.3) is 0 Å². The fourth-order valence-corrected chi connectivity index (χ4v) is 2.84. The monoisotopic (exact) mass is 387 g/mol. The lowest BCUT2D eigenvalue weighted by molar-refractivity contribution is 0.0931. The van der Waals surface area contributed by atoms with E-state index in [-0.39, 0.29) is 12.6 Å². The highest BCUT2D eigenvalue weighted by Gasteiger charge is 2.12. The first-order valence-corrected chi connectivity index (χ1v) is 9.10. The zero-order valence-corrected chi connectivity index (χ0v) is 16.1. The molecule has 0 aliphatic heterocycles. The normalized spacial score (nSPS) is 10.8. The maximum Gasteiger partial charge on any atom is 0.269 e. The molecule has 0 unspecified atom stereocenters. The van der Waals surface area contributed by atoms with E-state index in [1.54, 1.807) is 36.5 Å². The molecule has 0 radical (unpaired) electrons. The van der Waals surface area contributed by atoms with Gasteiger partial charge in [-0.1, -0.05) is 11.6 Å². The summed E-state index contributed by atoms with van der Waals surface area (Å²) in [6, 6.07) is 10.7. The van der Waals surface area contributed by atoms with Gasteiger partial charge in [0, 0.05) is 30.0 Å². The Morgan fingerprint density at radius 1 is 1.19 bits per heavy atom. The van der Waals surface area contributed by atoms with Crippen LogP contribution >= 0.6 is 11.6 Å². The second kappa shape index (κ2) is 8.73. The summed E-state index contributed by atoms with van der Waals surface area (Å²) in [5.41, 5.74) is 2.58. The van der Waals surface area contributed by atoms with E-state index in [2.05, 4.69) is 15.5 Å². The van der Waals surface area contributed by atoms with E-state index >= 15 is 0 Å². The van der Waals surface area contributed by atoms with Gasteiger partial charge in [0.15, 0.2) is 6.73 Å². The largest absolute Gasteiger partial charge is 0.471 e. The van der Waals surface area contributed by atoms with Crippen LogP contribution in [0.1, 0.15) is 28.3 Å². The molecule has 1 aromatic carbocycles. The van der Waals surface area contributed by atoms with Crippen LogP contribution in [0.15, 0.2) is 42.6 Å². The van der Waals surface area contributed by atoms with Crippen molar-refractivity contribution in [1.29, 1.82) is 0 Å². The quantitative estimate of drug-likeness (QED) is 0.602. The van der Waals surface area contributed by atoms with Gasteiger partial charge in [0.05, 0.1) is 5.69 Å². The van der Waals surface area contributed by atoms with Crippen molar-refractivity contribution in [2.45, 2.75) is 33.5 Å². The number of ether oxygens (including phenoxy) is 1. The molecule has 0 aliphatic rings. The van der Waals surface area contributed by atoms with Crippen LogP contribution in [-0.4, -0.2) is 32.0 Å². The SMILES string of the molecule is Cc1cc(C)n(CCCNC(=O)c2ccnn2COc2ccc(Cl)cc2)n1. The number of halogens is 1. The van der Waals surface area contributed by atoms with Crippen molar-refractivity contribution >= 4 is 17.5 Å². The van der Waals surface area contributed by atoms with Crippen LogP contribution in [0.2, 0.25) is 5.02 Å². The van der Waals surface area contributed by atoms with E-state index in [1.165, 1.54) is 4.68 Å². The molecule has 0 spiro atoms. The van der Waals surface area contributed by atoms with Gasteiger partial charge in [-0.05, 0) is 56.7 Å².